The lowest BCUT2D eigenvalue weighted by atomic mass is 9.95. The number of carbonyl (C=O) groups is 2. The van der Waals surface area contributed by atoms with Gasteiger partial charge in [-0.05, 0) is 47.9 Å². The van der Waals surface area contributed by atoms with Gasteiger partial charge in [0.05, 0.1) is 11.6 Å². The number of carbonyl (C=O) groups excluding carboxylic acids is 2. The molecule has 39 heavy (non-hydrogen) atoms. The maximum absolute atomic E-state index is 13.2. The van der Waals surface area contributed by atoms with Crippen LogP contribution in [0, 0.1) is 6.92 Å². The number of hydrogen-bond acceptors (Lipinski definition) is 6. The molecule has 196 valence electrons. The number of para-hydroxylation sites is 1. The molecule has 7 heteroatoms. The number of aryl methyl sites for hydroxylation is 1. The average Bonchev–Trinajstić information content (AvgIpc) is 3.22. The van der Waals surface area contributed by atoms with E-state index in [2.05, 4.69) is 4.98 Å². The fourth-order valence-corrected chi connectivity index (χ4v) is 4.61. The van der Waals surface area contributed by atoms with E-state index in [0.29, 0.717) is 30.1 Å². The number of amides is 1. The average molecular weight is 521 g/mol. The molecule has 0 saturated carbocycles. The van der Waals surface area contributed by atoms with Gasteiger partial charge in [0.2, 0.25) is 0 Å². The van der Waals surface area contributed by atoms with E-state index >= 15 is 0 Å². The Bertz CT molecular complexity index is 1480. The Morgan fingerprint density at radius 2 is 1.59 bits per heavy atom. The summed E-state index contributed by atoms with van der Waals surface area (Å²) in [7, 11) is 0. The van der Waals surface area contributed by atoms with Gasteiger partial charge in [0.15, 0.2) is 0 Å². The first-order valence-electron chi connectivity index (χ1n) is 12.7. The number of likely N-dealkylation sites (tertiary alicyclic amines) is 1. The summed E-state index contributed by atoms with van der Waals surface area (Å²) in [4.78, 5) is 32.0. The molecule has 1 fully saturated rings. The molecule has 3 aromatic carbocycles. The summed E-state index contributed by atoms with van der Waals surface area (Å²) < 4.78 is 11.6. The summed E-state index contributed by atoms with van der Waals surface area (Å²) in [5.41, 5.74) is 3.03. The minimum Gasteiger partial charge on any atom is -0.507 e. The van der Waals surface area contributed by atoms with E-state index in [-0.39, 0.29) is 17.9 Å². The van der Waals surface area contributed by atoms with Crippen molar-refractivity contribution in [2.75, 3.05) is 13.2 Å². The summed E-state index contributed by atoms with van der Waals surface area (Å²) in [5, 5.41) is 11.2. The molecule has 0 aliphatic carbocycles. The van der Waals surface area contributed by atoms with E-state index in [9.17, 15) is 14.7 Å². The van der Waals surface area contributed by atoms with Crippen molar-refractivity contribution in [3.05, 3.63) is 131 Å². The first-order valence-corrected chi connectivity index (χ1v) is 12.7. The zero-order valence-corrected chi connectivity index (χ0v) is 21.5. The molecule has 0 unspecified atom stereocenters. The Labute approximate surface area is 227 Å². The van der Waals surface area contributed by atoms with Gasteiger partial charge in [-0.25, -0.2) is 0 Å². The number of benzene rings is 3. The number of aliphatic hydroxyl groups excluding tert-OH is 1. The smallest absolute Gasteiger partial charge is 0.295 e. The van der Waals surface area contributed by atoms with E-state index in [0.717, 1.165) is 16.9 Å². The van der Waals surface area contributed by atoms with Gasteiger partial charge in [-0.2, -0.15) is 0 Å². The van der Waals surface area contributed by atoms with E-state index in [1.54, 1.807) is 54.9 Å². The van der Waals surface area contributed by atoms with Crippen molar-refractivity contribution in [1.29, 1.82) is 0 Å². The Morgan fingerprint density at radius 3 is 2.31 bits per heavy atom. The number of ketones is 1. The first-order chi connectivity index (χ1) is 19.0. The van der Waals surface area contributed by atoms with E-state index in [4.69, 9.17) is 9.47 Å². The van der Waals surface area contributed by atoms with Crippen LogP contribution in [0.2, 0.25) is 0 Å². The van der Waals surface area contributed by atoms with Gasteiger partial charge in [0, 0.05) is 24.5 Å². The molecule has 1 amide bonds. The molecule has 1 saturated heterocycles. The van der Waals surface area contributed by atoms with Crippen LogP contribution in [-0.2, 0) is 16.1 Å². The minimum atomic E-state index is -0.774. The first kappa shape index (κ1) is 25.7. The van der Waals surface area contributed by atoms with Crippen LogP contribution in [0.5, 0.6) is 11.5 Å². The van der Waals surface area contributed by atoms with Crippen molar-refractivity contribution in [2.45, 2.75) is 19.5 Å². The summed E-state index contributed by atoms with van der Waals surface area (Å²) in [5.74, 6) is -0.159. The molecule has 1 N–H and O–H groups in total. The predicted molar refractivity (Wildman–Crippen MR) is 147 cm³/mol. The Morgan fingerprint density at radius 1 is 0.872 bits per heavy atom. The van der Waals surface area contributed by atoms with Crippen LogP contribution in [0.15, 0.2) is 109 Å². The van der Waals surface area contributed by atoms with Gasteiger partial charge >= 0.3 is 0 Å². The number of nitrogens with zero attached hydrogens (tertiary/aromatic N) is 2. The number of aliphatic hydroxyl groups is 1. The van der Waals surface area contributed by atoms with E-state index in [1.807, 2.05) is 55.5 Å². The SMILES string of the molecule is Cc1ccccc1OCCOc1ccc([C@@H]2C(=C(O)c3ccccc3)C(=O)C(=O)N2Cc2cccnc2)cc1. The Balaban J connectivity index is 1.39. The highest BCUT2D eigenvalue weighted by molar-refractivity contribution is 6.46. The number of pyridine rings is 1. The van der Waals surface area contributed by atoms with Crippen LogP contribution >= 0.6 is 0 Å². The molecule has 4 aromatic rings. The topological polar surface area (TPSA) is 89.0 Å². The highest BCUT2D eigenvalue weighted by Crippen LogP contribution is 2.40. The van der Waals surface area contributed by atoms with Gasteiger partial charge in [-0.1, -0.05) is 66.7 Å². The summed E-state index contributed by atoms with van der Waals surface area (Å²) in [6, 6.07) is 26.6. The third-order valence-corrected chi connectivity index (χ3v) is 6.56. The summed E-state index contributed by atoms with van der Waals surface area (Å²) in [6.07, 6.45) is 3.30. The molecule has 5 rings (SSSR count). The Kier molecular flexibility index (Phi) is 7.68. The molecular formula is C32H28N2O5. The zero-order chi connectivity index (χ0) is 27.2. The third-order valence-electron chi connectivity index (χ3n) is 6.56. The Hall–Kier alpha value is -4.91. The molecular weight excluding hydrogens is 492 g/mol. The molecule has 1 aliphatic rings. The summed E-state index contributed by atoms with van der Waals surface area (Å²) >= 11 is 0. The second-order valence-electron chi connectivity index (χ2n) is 9.19. The lowest BCUT2D eigenvalue weighted by Gasteiger charge is -2.25. The van der Waals surface area contributed by atoms with E-state index in [1.165, 1.54) is 4.90 Å². The van der Waals surface area contributed by atoms with Crippen LogP contribution in [0.25, 0.3) is 5.76 Å². The quantitative estimate of drug-likeness (QED) is 0.136. The summed E-state index contributed by atoms with van der Waals surface area (Å²) in [6.45, 7) is 2.89. The fourth-order valence-electron chi connectivity index (χ4n) is 4.61. The van der Waals surface area contributed by atoms with Crippen molar-refractivity contribution in [2.24, 2.45) is 0 Å². The number of aromatic nitrogens is 1. The second-order valence-corrected chi connectivity index (χ2v) is 9.19. The monoisotopic (exact) mass is 520 g/mol. The van der Waals surface area contributed by atoms with Gasteiger partial charge in [-0.3, -0.25) is 14.6 Å². The van der Waals surface area contributed by atoms with Gasteiger partial charge in [0.1, 0.15) is 30.5 Å². The number of rotatable bonds is 9. The largest absolute Gasteiger partial charge is 0.507 e. The normalized spacial score (nSPS) is 16.3. The van der Waals surface area contributed by atoms with Crippen LogP contribution < -0.4 is 9.47 Å². The van der Waals surface area contributed by atoms with Crippen molar-refractivity contribution in [3.63, 3.8) is 0 Å². The molecule has 1 aromatic heterocycles. The van der Waals surface area contributed by atoms with Crippen molar-refractivity contribution in [3.8, 4) is 11.5 Å². The molecule has 1 atom stereocenters. The molecule has 0 radical (unpaired) electrons. The minimum absolute atomic E-state index is 0.0513. The lowest BCUT2D eigenvalue weighted by molar-refractivity contribution is -0.140. The van der Waals surface area contributed by atoms with Crippen molar-refractivity contribution >= 4 is 17.4 Å². The number of Topliss-reactive ketones (excluding diaryl/α,β-unsaturated/α-hetero) is 1. The molecule has 2 heterocycles. The predicted octanol–water partition coefficient (Wildman–Crippen LogP) is 5.47. The van der Waals surface area contributed by atoms with Crippen LogP contribution in [0.4, 0.5) is 0 Å². The third kappa shape index (κ3) is 5.67. The molecule has 1 aliphatic heterocycles. The van der Waals surface area contributed by atoms with Crippen LogP contribution in [0.1, 0.15) is 28.3 Å². The van der Waals surface area contributed by atoms with Crippen molar-refractivity contribution < 1.29 is 24.2 Å². The standard InChI is InChI=1S/C32H28N2O5/c1-22-8-5-6-12-27(22)39-19-18-38-26-15-13-24(14-16-26)29-28(30(35)25-10-3-2-4-11-25)31(36)32(37)34(29)21-23-9-7-17-33-20-23/h2-17,20,29,35H,18-19,21H2,1H3/t29-/m1/s1. The second kappa shape index (κ2) is 11.6. The highest BCUT2D eigenvalue weighted by Gasteiger charge is 2.46. The zero-order valence-electron chi connectivity index (χ0n) is 21.5. The molecule has 7 nitrogen and oxygen atoms in total. The van der Waals surface area contributed by atoms with Gasteiger partial charge in [0.25, 0.3) is 11.7 Å². The van der Waals surface area contributed by atoms with Gasteiger partial charge < -0.3 is 19.5 Å². The maximum atomic E-state index is 13.2. The number of hydrogen-bond donors (Lipinski definition) is 1. The number of ether oxygens (including phenoxy) is 2. The molecule has 0 spiro atoms. The van der Waals surface area contributed by atoms with Crippen LogP contribution in [-0.4, -0.2) is 39.9 Å². The van der Waals surface area contributed by atoms with Gasteiger partial charge in [-0.15, -0.1) is 0 Å². The van der Waals surface area contributed by atoms with Crippen molar-refractivity contribution in [1.82, 2.24) is 9.88 Å². The molecule has 0 bridgehead atoms. The highest BCUT2D eigenvalue weighted by atomic mass is 16.5. The fraction of sp³-hybridized carbons (Fsp3) is 0.156. The van der Waals surface area contributed by atoms with Crippen LogP contribution in [0.3, 0.4) is 0 Å². The van der Waals surface area contributed by atoms with E-state index < -0.39 is 17.7 Å². The maximum Gasteiger partial charge on any atom is 0.295 e. The lowest BCUT2D eigenvalue weighted by Crippen LogP contribution is -2.29.